The number of aromatic nitrogens is 1. The van der Waals surface area contributed by atoms with Crippen LogP contribution in [0.25, 0.3) is 0 Å². The molecule has 0 radical (unpaired) electrons. The molecule has 0 unspecified atom stereocenters. The van der Waals surface area contributed by atoms with Gasteiger partial charge in [-0.1, -0.05) is 0 Å². The molecule has 0 saturated heterocycles. The molecule has 0 spiro atoms. The lowest BCUT2D eigenvalue weighted by atomic mass is 9.93. The molecule has 1 aliphatic rings. The van der Waals surface area contributed by atoms with Gasteiger partial charge < -0.3 is 15.2 Å². The molecule has 2 heterocycles. The molecular weight excluding hydrogens is 332 g/mol. The highest BCUT2D eigenvalue weighted by molar-refractivity contribution is 6.35. The van der Waals surface area contributed by atoms with Crippen LogP contribution >= 0.6 is 0 Å². The number of carbonyl (C=O) groups is 1. The first-order chi connectivity index (χ1) is 12.4. The van der Waals surface area contributed by atoms with Crippen molar-refractivity contribution in [2.45, 2.75) is 32.5 Å². The van der Waals surface area contributed by atoms with Gasteiger partial charge in [0, 0.05) is 17.5 Å². The van der Waals surface area contributed by atoms with Gasteiger partial charge in [-0.15, -0.1) is 0 Å². The maximum absolute atomic E-state index is 12.3. The first-order valence-corrected chi connectivity index (χ1v) is 8.15. The summed E-state index contributed by atoms with van der Waals surface area (Å²) in [6.07, 6.45) is 1.75. The Morgan fingerprint density at radius 2 is 2.12 bits per heavy atom. The van der Waals surface area contributed by atoms with Gasteiger partial charge in [-0.05, 0) is 38.1 Å². The Hall–Kier alpha value is -3.11. The van der Waals surface area contributed by atoms with Gasteiger partial charge in [0.2, 0.25) is 5.78 Å². The van der Waals surface area contributed by atoms with Gasteiger partial charge in [0.05, 0.1) is 36.8 Å². The van der Waals surface area contributed by atoms with E-state index < -0.39 is 0 Å². The van der Waals surface area contributed by atoms with E-state index in [1.807, 2.05) is 13.8 Å². The van der Waals surface area contributed by atoms with Gasteiger partial charge in [-0.2, -0.15) is 10.4 Å². The molecule has 7 nitrogen and oxygen atoms in total. The number of anilines is 1. The van der Waals surface area contributed by atoms with Gasteiger partial charge in [-0.25, -0.2) is 4.68 Å². The monoisotopic (exact) mass is 352 g/mol. The Labute approximate surface area is 151 Å². The number of ketones is 1. The number of carbonyl (C=O) groups excluding carboxylic acids is 1. The fourth-order valence-electron chi connectivity index (χ4n) is 2.95. The van der Waals surface area contributed by atoms with Crippen LogP contribution in [0.3, 0.4) is 0 Å². The number of nitriles is 1. The average molecular weight is 352 g/mol. The summed E-state index contributed by atoms with van der Waals surface area (Å²) in [5.41, 5.74) is 8.12. The van der Waals surface area contributed by atoms with E-state index in [1.165, 1.54) is 10.9 Å². The summed E-state index contributed by atoms with van der Waals surface area (Å²) < 4.78 is 12.3. The third-order valence-electron chi connectivity index (χ3n) is 4.37. The normalized spacial score (nSPS) is 15.5. The van der Waals surface area contributed by atoms with Crippen molar-refractivity contribution in [3.8, 4) is 11.8 Å². The number of nitrogens with zero attached hydrogens (tertiary/aromatic N) is 3. The van der Waals surface area contributed by atoms with Crippen molar-refractivity contribution in [1.82, 2.24) is 4.68 Å². The van der Waals surface area contributed by atoms with Gasteiger partial charge in [-0.3, -0.25) is 4.79 Å². The molecule has 0 saturated carbocycles. The maximum Gasteiger partial charge on any atom is 0.205 e. The minimum atomic E-state index is -0.375. The second-order valence-electron chi connectivity index (χ2n) is 6.67. The summed E-state index contributed by atoms with van der Waals surface area (Å²) in [6.45, 7) is 4.20. The number of hydrogen-bond acceptors (Lipinski definition) is 6. The van der Waals surface area contributed by atoms with Gasteiger partial charge in [0.25, 0.3) is 0 Å². The summed E-state index contributed by atoms with van der Waals surface area (Å²) in [5.74, 6) is 0.614. The smallest absolute Gasteiger partial charge is 0.205 e. The summed E-state index contributed by atoms with van der Waals surface area (Å²) >= 11 is 0. The number of ether oxygens (including phenoxy) is 2. The Morgan fingerprint density at radius 1 is 1.42 bits per heavy atom. The van der Waals surface area contributed by atoms with Gasteiger partial charge in [0.15, 0.2) is 0 Å². The zero-order chi connectivity index (χ0) is 18.9. The molecule has 134 valence electrons. The van der Waals surface area contributed by atoms with Crippen molar-refractivity contribution in [3.63, 3.8) is 0 Å². The minimum absolute atomic E-state index is 0.220. The fourth-order valence-corrected chi connectivity index (χ4v) is 2.95. The lowest BCUT2D eigenvalue weighted by molar-refractivity contribution is -0.0427. The van der Waals surface area contributed by atoms with Crippen molar-refractivity contribution in [1.29, 1.82) is 5.26 Å². The second kappa shape index (κ2) is 6.65. The van der Waals surface area contributed by atoms with E-state index in [1.54, 1.807) is 31.4 Å². The third-order valence-corrected chi connectivity index (χ3v) is 4.37. The van der Waals surface area contributed by atoms with Crippen LogP contribution in [-0.4, -0.2) is 29.4 Å². The van der Waals surface area contributed by atoms with E-state index in [-0.39, 0.29) is 23.8 Å². The van der Waals surface area contributed by atoms with Crippen LogP contribution in [0.1, 0.15) is 41.0 Å². The molecule has 0 bridgehead atoms. The average Bonchev–Trinajstić information content (AvgIpc) is 2.88. The molecular formula is C19H20N4O3. The molecule has 2 N–H and O–H groups in total. The molecule has 0 aliphatic carbocycles. The lowest BCUT2D eigenvalue weighted by Crippen LogP contribution is -2.32. The van der Waals surface area contributed by atoms with Gasteiger partial charge >= 0.3 is 0 Å². The molecule has 3 rings (SSSR count). The number of fused-ring (bicyclic) bond motifs is 1. The Bertz CT molecular complexity index is 918. The summed E-state index contributed by atoms with van der Waals surface area (Å²) in [4.78, 5) is 12.3. The molecule has 1 aromatic carbocycles. The minimum Gasteiger partial charge on any atom is -0.497 e. The van der Waals surface area contributed by atoms with Crippen molar-refractivity contribution in [2.75, 3.05) is 12.8 Å². The molecule has 0 fully saturated rings. The highest BCUT2D eigenvalue weighted by Crippen LogP contribution is 2.34. The number of benzene rings is 1. The van der Waals surface area contributed by atoms with Crippen LogP contribution in [0.4, 0.5) is 5.82 Å². The topological polar surface area (TPSA) is 103 Å². The Morgan fingerprint density at radius 3 is 2.73 bits per heavy atom. The number of Topliss-reactive ketones (excluding diaryl/α,β-unsaturated/α-hetero) is 1. The first kappa shape index (κ1) is 17.7. The van der Waals surface area contributed by atoms with Crippen molar-refractivity contribution >= 4 is 17.8 Å². The summed E-state index contributed by atoms with van der Waals surface area (Å²) in [6, 6.07) is 8.87. The molecule has 26 heavy (non-hydrogen) atoms. The summed E-state index contributed by atoms with van der Waals surface area (Å²) in [7, 11) is 1.56. The zero-order valence-electron chi connectivity index (χ0n) is 14.9. The zero-order valence-corrected chi connectivity index (χ0v) is 14.9. The molecule has 1 aliphatic heterocycles. The van der Waals surface area contributed by atoms with E-state index in [4.69, 9.17) is 15.2 Å². The third kappa shape index (κ3) is 3.19. The van der Waals surface area contributed by atoms with E-state index >= 15 is 0 Å². The number of methoxy groups -OCH3 is 1. The van der Waals surface area contributed by atoms with Crippen LogP contribution in [0.5, 0.6) is 5.75 Å². The summed E-state index contributed by atoms with van der Waals surface area (Å²) in [5, 5.41) is 13.7. The van der Waals surface area contributed by atoms with Crippen LogP contribution < -0.4 is 10.5 Å². The van der Waals surface area contributed by atoms with Crippen LogP contribution in [0, 0.1) is 11.3 Å². The van der Waals surface area contributed by atoms with Crippen LogP contribution in [0.15, 0.2) is 29.4 Å². The number of hydrogen-bond donors (Lipinski definition) is 1. The molecule has 7 heteroatoms. The first-order valence-electron chi connectivity index (χ1n) is 8.15. The molecule has 0 atom stereocenters. The second-order valence-corrected chi connectivity index (χ2v) is 6.67. The largest absolute Gasteiger partial charge is 0.497 e. The molecule has 2 aromatic rings. The fraction of sp³-hybridized carbons (Fsp3) is 0.316. The predicted octanol–water partition coefficient (Wildman–Crippen LogP) is 2.52. The maximum atomic E-state index is 12.3. The van der Waals surface area contributed by atoms with Crippen molar-refractivity contribution in [2.24, 2.45) is 5.10 Å². The van der Waals surface area contributed by atoms with Crippen molar-refractivity contribution in [3.05, 3.63) is 46.6 Å². The standard InChI is InChI=1S/C19H20N4O3/c1-19(2)8-14-15(9-20)18(21)23(16(14)11-26-19)22-10-17(24)12-4-6-13(25-3)7-5-12/h4-7,10H,8,11,21H2,1-3H3. The highest BCUT2D eigenvalue weighted by atomic mass is 16.5. The Kier molecular flexibility index (Phi) is 4.53. The van der Waals surface area contributed by atoms with Crippen LogP contribution in [-0.2, 0) is 17.8 Å². The SMILES string of the molecule is COc1ccc(C(=O)C=Nn2c(N)c(C#N)c3c2COC(C)(C)C3)cc1. The quantitative estimate of drug-likeness (QED) is 0.673. The van der Waals surface area contributed by atoms with E-state index in [0.29, 0.717) is 29.0 Å². The number of nitrogen functional groups attached to an aromatic ring is 1. The lowest BCUT2D eigenvalue weighted by Gasteiger charge is -2.30. The number of nitrogens with two attached hydrogens (primary N) is 1. The Balaban J connectivity index is 1.92. The highest BCUT2D eigenvalue weighted by Gasteiger charge is 2.33. The predicted molar refractivity (Wildman–Crippen MR) is 97.3 cm³/mol. The molecule has 1 aromatic heterocycles. The van der Waals surface area contributed by atoms with Gasteiger partial charge in [0.1, 0.15) is 17.6 Å². The van der Waals surface area contributed by atoms with E-state index in [0.717, 1.165) is 5.56 Å². The van der Waals surface area contributed by atoms with E-state index in [2.05, 4.69) is 11.2 Å². The van der Waals surface area contributed by atoms with E-state index in [9.17, 15) is 10.1 Å². The molecule has 0 amide bonds. The van der Waals surface area contributed by atoms with Crippen LogP contribution in [0.2, 0.25) is 0 Å². The van der Waals surface area contributed by atoms with Crippen molar-refractivity contribution < 1.29 is 14.3 Å². The number of rotatable bonds is 4.